The second-order valence-electron chi connectivity index (χ2n) is 10.9. The van der Waals surface area contributed by atoms with E-state index >= 15 is 0 Å². The number of benzene rings is 4. The molecule has 4 aromatic rings. The number of carbonyl (C=O) groups excluding carboxylic acids is 2. The van der Waals surface area contributed by atoms with E-state index in [-0.39, 0.29) is 91.4 Å². The molecule has 0 aromatic heterocycles. The highest BCUT2D eigenvalue weighted by Crippen LogP contribution is 2.65. The van der Waals surface area contributed by atoms with E-state index in [0.717, 1.165) is 0 Å². The van der Waals surface area contributed by atoms with Crippen LogP contribution in [0.5, 0.6) is 46.0 Å². The fourth-order valence-corrected chi connectivity index (χ4v) is 6.52. The van der Waals surface area contributed by atoms with Gasteiger partial charge in [0.15, 0.2) is 11.6 Å². The molecule has 3 aliphatic heterocycles. The Balaban J connectivity index is 1.51. The van der Waals surface area contributed by atoms with Crippen molar-refractivity contribution in [2.75, 3.05) is 0 Å². The third-order valence-corrected chi connectivity index (χ3v) is 8.21. The summed E-state index contributed by atoms with van der Waals surface area (Å²) in [5.74, 6) is -3.74. The van der Waals surface area contributed by atoms with Gasteiger partial charge in [-0.25, -0.2) is 0 Å². The molecule has 0 fully saturated rings. The molecule has 3 aliphatic rings. The molecule has 7 rings (SSSR count). The molecule has 0 aliphatic carbocycles. The van der Waals surface area contributed by atoms with Crippen molar-refractivity contribution in [3.63, 3.8) is 0 Å². The van der Waals surface area contributed by atoms with E-state index in [9.17, 15) is 35.1 Å². The van der Waals surface area contributed by atoms with Gasteiger partial charge in [0.1, 0.15) is 51.6 Å². The van der Waals surface area contributed by atoms with Crippen LogP contribution in [0.3, 0.4) is 0 Å². The Hall–Kier alpha value is -5.38. The van der Waals surface area contributed by atoms with Gasteiger partial charge in [0.2, 0.25) is 0 Å². The molecule has 10 nitrogen and oxygen atoms in total. The molecule has 2 atom stereocenters. The Morgan fingerprint density at radius 1 is 0.595 bits per heavy atom. The molecule has 1 spiro atoms. The van der Waals surface area contributed by atoms with Gasteiger partial charge in [0.25, 0.3) is 5.79 Å². The standard InChI is InChI=1S/C32H24O10/c1-13(33)15-4-9-20-25(29(15)38)24-18(36)8-11-22-28(24)31(3,40-20)12-32(42-22)27-19(37)7-6-17(35)23(27)26-21(41-32)10-5-16(14(2)34)30(26)39/h4-11,35-39H,12H2,1-3H3. The number of carbonyl (C=O) groups is 2. The van der Waals surface area contributed by atoms with E-state index in [4.69, 9.17) is 14.2 Å². The van der Waals surface area contributed by atoms with Crippen LogP contribution in [0.1, 0.15) is 59.0 Å². The molecule has 0 saturated carbocycles. The molecule has 4 aromatic carbocycles. The lowest BCUT2D eigenvalue weighted by molar-refractivity contribution is -0.181. The third-order valence-electron chi connectivity index (χ3n) is 8.21. The molecule has 5 N–H and O–H groups in total. The summed E-state index contributed by atoms with van der Waals surface area (Å²) in [6.07, 6.45) is -0.142. The minimum absolute atomic E-state index is 0.000869. The van der Waals surface area contributed by atoms with Crippen LogP contribution >= 0.6 is 0 Å². The van der Waals surface area contributed by atoms with E-state index in [1.807, 2.05) is 0 Å². The summed E-state index contributed by atoms with van der Waals surface area (Å²) >= 11 is 0. The van der Waals surface area contributed by atoms with Crippen molar-refractivity contribution in [1.82, 2.24) is 0 Å². The van der Waals surface area contributed by atoms with Gasteiger partial charge < -0.3 is 39.7 Å². The quantitative estimate of drug-likeness (QED) is 0.152. The highest BCUT2D eigenvalue weighted by atomic mass is 16.7. The van der Waals surface area contributed by atoms with Gasteiger partial charge in [0, 0.05) is 16.7 Å². The van der Waals surface area contributed by atoms with Crippen LogP contribution in [0.4, 0.5) is 0 Å². The van der Waals surface area contributed by atoms with E-state index in [1.165, 1.54) is 62.4 Å². The zero-order valence-electron chi connectivity index (χ0n) is 22.6. The smallest absolute Gasteiger partial charge is 0.286 e. The number of ether oxygens (including phenoxy) is 3. The minimum atomic E-state index is -1.83. The second kappa shape index (κ2) is 8.10. The highest BCUT2D eigenvalue weighted by Gasteiger charge is 2.59. The number of fused-ring (bicyclic) bond motifs is 6. The van der Waals surface area contributed by atoms with Gasteiger partial charge in [-0.2, -0.15) is 0 Å². The lowest BCUT2D eigenvalue weighted by atomic mass is 9.74. The number of ketones is 2. The van der Waals surface area contributed by atoms with Crippen LogP contribution in [0, 0.1) is 0 Å². The van der Waals surface area contributed by atoms with Crippen LogP contribution in [-0.2, 0) is 11.4 Å². The Morgan fingerprint density at radius 2 is 1.05 bits per heavy atom. The Morgan fingerprint density at radius 3 is 1.62 bits per heavy atom. The van der Waals surface area contributed by atoms with Crippen molar-refractivity contribution in [3.05, 3.63) is 70.8 Å². The Labute approximate surface area is 238 Å². The lowest BCUT2D eigenvalue weighted by Gasteiger charge is -2.50. The van der Waals surface area contributed by atoms with Gasteiger partial charge in [0.05, 0.1) is 34.2 Å². The predicted octanol–water partition coefficient (Wildman–Crippen LogP) is 5.59. The predicted molar refractivity (Wildman–Crippen MR) is 148 cm³/mol. The molecule has 0 amide bonds. The molecular formula is C32H24O10. The first-order valence-electron chi connectivity index (χ1n) is 13.1. The molecule has 2 unspecified atom stereocenters. The molecule has 10 heteroatoms. The average Bonchev–Trinajstić information content (AvgIpc) is 2.91. The lowest BCUT2D eigenvalue weighted by Crippen LogP contribution is -2.53. The van der Waals surface area contributed by atoms with Crippen LogP contribution in [0.2, 0.25) is 0 Å². The molecule has 3 heterocycles. The van der Waals surface area contributed by atoms with Crippen molar-refractivity contribution < 1.29 is 49.3 Å². The van der Waals surface area contributed by atoms with Crippen molar-refractivity contribution in [2.24, 2.45) is 0 Å². The average molecular weight is 569 g/mol. The summed E-state index contributed by atoms with van der Waals surface area (Å²) in [7, 11) is 0. The first-order valence-corrected chi connectivity index (χ1v) is 13.1. The van der Waals surface area contributed by atoms with Crippen molar-refractivity contribution >= 4 is 11.6 Å². The van der Waals surface area contributed by atoms with Crippen LogP contribution in [-0.4, -0.2) is 37.1 Å². The number of hydrogen-bond acceptors (Lipinski definition) is 10. The molecule has 212 valence electrons. The monoisotopic (exact) mass is 568 g/mol. The summed E-state index contributed by atoms with van der Waals surface area (Å²) in [4.78, 5) is 24.4. The maximum atomic E-state index is 12.2. The summed E-state index contributed by atoms with van der Waals surface area (Å²) < 4.78 is 19.5. The zero-order valence-corrected chi connectivity index (χ0v) is 22.6. The van der Waals surface area contributed by atoms with E-state index < -0.39 is 22.9 Å². The van der Waals surface area contributed by atoms with Crippen LogP contribution < -0.4 is 14.2 Å². The fourth-order valence-electron chi connectivity index (χ4n) is 6.52. The summed E-state index contributed by atoms with van der Waals surface area (Å²) in [6.45, 7) is 4.34. The Bertz CT molecular complexity index is 1930. The number of rotatable bonds is 2. The van der Waals surface area contributed by atoms with Gasteiger partial charge in [-0.15, -0.1) is 0 Å². The third kappa shape index (κ3) is 3.14. The zero-order chi connectivity index (χ0) is 29.9. The molecule has 0 bridgehead atoms. The fraction of sp³-hybridized carbons (Fsp3) is 0.188. The van der Waals surface area contributed by atoms with Gasteiger partial charge in [-0.1, -0.05) is 0 Å². The highest BCUT2D eigenvalue weighted by molar-refractivity contribution is 6.02. The van der Waals surface area contributed by atoms with E-state index in [0.29, 0.717) is 5.56 Å². The van der Waals surface area contributed by atoms with Crippen LogP contribution in [0.15, 0.2) is 48.5 Å². The van der Waals surface area contributed by atoms with Crippen molar-refractivity contribution in [3.8, 4) is 68.2 Å². The molecule has 0 radical (unpaired) electrons. The minimum Gasteiger partial charge on any atom is -0.507 e. The largest absolute Gasteiger partial charge is 0.507 e. The number of phenols is 5. The van der Waals surface area contributed by atoms with Crippen molar-refractivity contribution in [2.45, 2.75) is 38.6 Å². The van der Waals surface area contributed by atoms with E-state index in [1.54, 1.807) is 6.92 Å². The Kier molecular flexibility index (Phi) is 4.93. The number of aromatic hydroxyl groups is 5. The first kappa shape index (κ1) is 25.6. The number of phenolic OH excluding ortho intramolecular Hbond substituents is 5. The summed E-state index contributed by atoms with van der Waals surface area (Å²) in [5, 5.41) is 55.5. The first-order chi connectivity index (χ1) is 19.9. The van der Waals surface area contributed by atoms with Crippen LogP contribution in [0.25, 0.3) is 22.3 Å². The molecular weight excluding hydrogens is 544 g/mol. The van der Waals surface area contributed by atoms with Crippen molar-refractivity contribution in [1.29, 1.82) is 0 Å². The summed E-state index contributed by atoms with van der Waals surface area (Å²) in [6, 6.07) is 11.2. The van der Waals surface area contributed by atoms with Gasteiger partial charge in [-0.3, -0.25) is 9.59 Å². The van der Waals surface area contributed by atoms with E-state index in [2.05, 4.69) is 0 Å². The van der Waals surface area contributed by atoms with Gasteiger partial charge in [-0.05, 0) is 69.3 Å². The molecule has 42 heavy (non-hydrogen) atoms. The SMILES string of the molecule is CC(=O)c1ccc2c(c1O)-c1c(O)ccc3c1C(C)(CC1(Oc4ccc(C(C)=O)c(O)c4-c4c(O)ccc(O)c41)O3)O2. The maximum absolute atomic E-state index is 12.2. The number of hydrogen-bond donors (Lipinski definition) is 5. The topological polar surface area (TPSA) is 163 Å². The second-order valence-corrected chi connectivity index (χ2v) is 10.9. The number of Topliss-reactive ketones (excluding diaryl/α,β-unsaturated/α-hetero) is 2. The summed E-state index contributed by atoms with van der Waals surface area (Å²) in [5.41, 5.74) is -0.509. The van der Waals surface area contributed by atoms with Gasteiger partial charge >= 0.3 is 0 Å². The molecule has 0 saturated heterocycles. The maximum Gasteiger partial charge on any atom is 0.286 e. The normalized spacial score (nSPS) is 20.6.